The number of alkyl halides is 3. The van der Waals surface area contributed by atoms with Crippen LogP contribution in [0.25, 0.3) is 11.6 Å². The van der Waals surface area contributed by atoms with Crippen molar-refractivity contribution in [3.8, 4) is 6.07 Å². The molecule has 0 spiro atoms. The van der Waals surface area contributed by atoms with Gasteiger partial charge in [-0.05, 0) is 29.8 Å². The average Bonchev–Trinajstić information content (AvgIpc) is 3.14. The Labute approximate surface area is 187 Å². The van der Waals surface area contributed by atoms with Crippen molar-refractivity contribution >= 4 is 58.2 Å². The molecule has 0 atom stereocenters. The maximum atomic E-state index is 12.7. The van der Waals surface area contributed by atoms with Crippen LogP contribution in [0.3, 0.4) is 0 Å². The van der Waals surface area contributed by atoms with Crippen LogP contribution in [-0.4, -0.2) is 20.2 Å². The Morgan fingerprint density at radius 1 is 1.20 bits per heavy atom. The molecule has 0 saturated heterocycles. The summed E-state index contributed by atoms with van der Waals surface area (Å²) >= 11 is 18.9. The van der Waals surface area contributed by atoms with Crippen molar-refractivity contribution in [2.75, 3.05) is 0 Å². The van der Waals surface area contributed by atoms with Gasteiger partial charge in [0.05, 0.1) is 21.9 Å². The number of hydrogen-bond acceptors (Lipinski definition) is 5. The van der Waals surface area contributed by atoms with E-state index >= 15 is 0 Å². The topological polar surface area (TPSA) is 78.2 Å². The molecule has 154 valence electrons. The molecule has 3 aromatic rings. The van der Waals surface area contributed by atoms with Gasteiger partial charge in [-0.15, -0.1) is 0 Å². The Morgan fingerprint density at radius 3 is 2.60 bits per heavy atom. The maximum Gasteiger partial charge on any atom is 0.417 e. The molecule has 0 fully saturated rings. The van der Waals surface area contributed by atoms with Gasteiger partial charge >= 0.3 is 6.18 Å². The van der Waals surface area contributed by atoms with Crippen molar-refractivity contribution in [2.45, 2.75) is 17.0 Å². The first kappa shape index (κ1) is 22.4. The van der Waals surface area contributed by atoms with Crippen molar-refractivity contribution in [1.29, 1.82) is 5.26 Å². The van der Waals surface area contributed by atoms with E-state index in [0.717, 1.165) is 17.8 Å². The number of halogens is 6. The number of nitrogens with zero attached hydrogens (tertiary/aromatic N) is 4. The summed E-state index contributed by atoms with van der Waals surface area (Å²) in [5.74, 6) is 0.729. The second-order valence-corrected chi connectivity index (χ2v) is 7.95. The molecule has 1 aromatic carbocycles. The zero-order chi connectivity index (χ0) is 21.9. The third-order valence-electron chi connectivity index (χ3n) is 3.64. The van der Waals surface area contributed by atoms with Crippen LogP contribution in [0.15, 0.2) is 35.5 Å². The normalized spacial score (nSPS) is 12.1. The van der Waals surface area contributed by atoms with Crippen LogP contribution >= 0.6 is 46.6 Å². The smallest absolute Gasteiger partial charge is 0.262 e. The summed E-state index contributed by atoms with van der Waals surface area (Å²) < 4.78 is 38.1. The van der Waals surface area contributed by atoms with Gasteiger partial charge in [0.15, 0.2) is 5.82 Å². The minimum Gasteiger partial charge on any atom is -0.262 e. The maximum absolute atomic E-state index is 12.7. The van der Waals surface area contributed by atoms with Crippen molar-refractivity contribution in [2.24, 2.45) is 0 Å². The lowest BCUT2D eigenvalue weighted by atomic mass is 10.1. The Hall–Kier alpha value is -2.25. The van der Waals surface area contributed by atoms with E-state index < -0.39 is 11.7 Å². The number of aromatic nitrogens is 4. The van der Waals surface area contributed by atoms with Crippen molar-refractivity contribution in [3.63, 3.8) is 0 Å². The molecule has 0 saturated carbocycles. The summed E-state index contributed by atoms with van der Waals surface area (Å²) in [5.41, 5.74) is -0.194. The molecule has 0 aliphatic heterocycles. The number of nitrogens with one attached hydrogen (secondary N) is 1. The van der Waals surface area contributed by atoms with E-state index in [9.17, 15) is 18.4 Å². The molecule has 0 unspecified atom stereocenters. The van der Waals surface area contributed by atoms with Crippen LogP contribution in [-0.2, 0) is 11.9 Å². The zero-order valence-electron chi connectivity index (χ0n) is 14.6. The third-order valence-corrected chi connectivity index (χ3v) is 5.61. The lowest BCUT2D eigenvalue weighted by Crippen LogP contribution is -2.05. The molecule has 2 heterocycles. The monoisotopic (exact) mass is 489 g/mol. The lowest BCUT2D eigenvalue weighted by molar-refractivity contribution is -0.137. The van der Waals surface area contributed by atoms with Crippen LogP contribution in [0.5, 0.6) is 0 Å². The molecule has 0 radical (unpaired) electrons. The number of hydrogen-bond donors (Lipinski definition) is 1. The molecule has 0 aliphatic carbocycles. The molecule has 0 aliphatic rings. The van der Waals surface area contributed by atoms with E-state index in [1.807, 2.05) is 6.07 Å². The highest BCUT2D eigenvalue weighted by Gasteiger charge is 2.31. The van der Waals surface area contributed by atoms with Gasteiger partial charge in [-0.25, -0.2) is 9.97 Å². The SMILES string of the molecule is N#CC(=Cc1ccc(Cl)cc1Cl)c1n[nH]c(CSc2ncc(C(F)(F)F)cc2Cl)n1. The fraction of sp³-hybridized carbons (Fsp3) is 0.111. The molecule has 12 heteroatoms. The highest BCUT2D eigenvalue weighted by atomic mass is 35.5. The van der Waals surface area contributed by atoms with E-state index in [4.69, 9.17) is 34.8 Å². The molecule has 2 aromatic heterocycles. The van der Waals surface area contributed by atoms with E-state index in [1.54, 1.807) is 18.2 Å². The van der Waals surface area contributed by atoms with Crippen LogP contribution in [0, 0.1) is 11.3 Å². The fourth-order valence-electron chi connectivity index (χ4n) is 2.22. The van der Waals surface area contributed by atoms with Gasteiger partial charge in [0, 0.05) is 16.2 Å². The number of benzene rings is 1. The van der Waals surface area contributed by atoms with Crippen LogP contribution in [0.1, 0.15) is 22.8 Å². The minimum atomic E-state index is -4.52. The van der Waals surface area contributed by atoms with Gasteiger partial charge in [0.1, 0.15) is 16.9 Å². The van der Waals surface area contributed by atoms with Crippen molar-refractivity contribution < 1.29 is 13.2 Å². The molecule has 1 N–H and O–H groups in total. The second kappa shape index (κ2) is 9.27. The van der Waals surface area contributed by atoms with Gasteiger partial charge in [-0.3, -0.25) is 5.10 Å². The summed E-state index contributed by atoms with van der Waals surface area (Å²) in [7, 11) is 0. The summed E-state index contributed by atoms with van der Waals surface area (Å²) in [5, 5.41) is 17.0. The molecule has 5 nitrogen and oxygen atoms in total. The second-order valence-electron chi connectivity index (χ2n) is 5.74. The molecule has 3 rings (SSSR count). The predicted molar refractivity (Wildman–Crippen MR) is 110 cm³/mol. The van der Waals surface area contributed by atoms with Crippen LogP contribution in [0.4, 0.5) is 13.2 Å². The number of aromatic amines is 1. The quantitative estimate of drug-likeness (QED) is 0.325. The summed E-state index contributed by atoms with van der Waals surface area (Å²) in [6.07, 6.45) is -2.29. The molecule has 30 heavy (non-hydrogen) atoms. The fourth-order valence-corrected chi connectivity index (χ4v) is 3.74. The van der Waals surface area contributed by atoms with Crippen molar-refractivity contribution in [1.82, 2.24) is 20.2 Å². The number of pyridine rings is 1. The van der Waals surface area contributed by atoms with Gasteiger partial charge < -0.3 is 0 Å². The first-order chi connectivity index (χ1) is 14.2. The van der Waals surface area contributed by atoms with Crippen LogP contribution < -0.4 is 0 Å². The standard InChI is InChI=1S/C18H9Cl3F3N5S/c19-12-2-1-9(13(20)5-12)3-10(6-25)16-27-15(28-29-16)8-30-17-14(21)4-11(7-26-17)18(22,23)24/h1-5,7H,8H2,(H,27,28,29). The van der Waals surface area contributed by atoms with E-state index in [1.165, 1.54) is 6.08 Å². The van der Waals surface area contributed by atoms with Crippen LogP contribution in [0.2, 0.25) is 15.1 Å². The first-order valence-electron chi connectivity index (χ1n) is 8.01. The van der Waals surface area contributed by atoms with E-state index in [2.05, 4.69) is 20.2 Å². The van der Waals surface area contributed by atoms with Crippen molar-refractivity contribution in [3.05, 3.63) is 68.3 Å². The number of thioether (sulfide) groups is 1. The lowest BCUT2D eigenvalue weighted by Gasteiger charge is -2.08. The molecular formula is C18H9Cl3F3N5S. The Balaban J connectivity index is 1.75. The van der Waals surface area contributed by atoms with Gasteiger partial charge in [-0.1, -0.05) is 52.6 Å². The Kier molecular flexibility index (Phi) is 6.93. The molecular weight excluding hydrogens is 482 g/mol. The highest BCUT2D eigenvalue weighted by Crippen LogP contribution is 2.34. The van der Waals surface area contributed by atoms with Gasteiger partial charge in [0.25, 0.3) is 0 Å². The number of nitriles is 1. The largest absolute Gasteiger partial charge is 0.417 e. The summed E-state index contributed by atoms with van der Waals surface area (Å²) in [4.78, 5) is 7.98. The average molecular weight is 491 g/mol. The number of rotatable bonds is 5. The van der Waals surface area contributed by atoms with Gasteiger partial charge in [0.2, 0.25) is 0 Å². The van der Waals surface area contributed by atoms with Gasteiger partial charge in [-0.2, -0.15) is 23.5 Å². The third kappa shape index (κ3) is 5.46. The van der Waals surface area contributed by atoms with E-state index in [-0.39, 0.29) is 27.2 Å². The number of H-pyrrole nitrogens is 1. The first-order valence-corrected chi connectivity index (χ1v) is 10.1. The van der Waals surface area contributed by atoms with E-state index in [0.29, 0.717) is 27.6 Å². The molecule has 0 amide bonds. The number of allylic oxidation sites excluding steroid dienone is 1. The minimum absolute atomic E-state index is 0.121. The summed E-state index contributed by atoms with van der Waals surface area (Å²) in [6.45, 7) is 0. The Bertz CT molecular complexity index is 1150. The predicted octanol–water partition coefficient (Wildman–Crippen LogP) is 6.54. The highest BCUT2D eigenvalue weighted by molar-refractivity contribution is 7.98. The zero-order valence-corrected chi connectivity index (χ0v) is 17.7. The Morgan fingerprint density at radius 2 is 1.97 bits per heavy atom. The summed E-state index contributed by atoms with van der Waals surface area (Å²) in [6, 6.07) is 7.65. The molecule has 0 bridgehead atoms.